The molecule has 0 unspecified atom stereocenters. The van der Waals surface area contributed by atoms with Crippen LogP contribution >= 0.6 is 11.8 Å². The average molecular weight is 371 g/mol. The summed E-state index contributed by atoms with van der Waals surface area (Å²) in [6, 6.07) is 9.76. The number of aromatic nitrogens is 3. The van der Waals surface area contributed by atoms with E-state index in [1.807, 2.05) is 42.8 Å². The van der Waals surface area contributed by atoms with Crippen LogP contribution in [0, 0.1) is 0 Å². The van der Waals surface area contributed by atoms with Crippen LogP contribution in [0.5, 0.6) is 0 Å². The SMILES string of the molecule is CCOC(=O)CCCn1c(SC)nc2[nH]cc(-c3ccccc3)c2c1=O. The molecule has 0 aliphatic heterocycles. The van der Waals surface area contributed by atoms with Gasteiger partial charge in [0.15, 0.2) is 5.16 Å². The maximum atomic E-state index is 13.1. The molecule has 0 aliphatic carbocycles. The standard InChI is InChI=1S/C19H21N3O3S/c1-3-25-15(23)10-7-11-22-18(24)16-14(13-8-5-4-6-9-13)12-20-17(16)21-19(22)26-2/h4-6,8-9,12,20H,3,7,10-11H2,1-2H3. The molecule has 0 radical (unpaired) electrons. The molecule has 2 heterocycles. The smallest absolute Gasteiger partial charge is 0.305 e. The van der Waals surface area contributed by atoms with Crippen LogP contribution in [0.4, 0.5) is 0 Å². The minimum Gasteiger partial charge on any atom is -0.466 e. The molecule has 0 saturated carbocycles. The Hall–Kier alpha value is -2.54. The zero-order valence-electron chi connectivity index (χ0n) is 14.8. The van der Waals surface area contributed by atoms with E-state index in [0.717, 1.165) is 11.1 Å². The second kappa shape index (κ2) is 8.23. The van der Waals surface area contributed by atoms with Crippen molar-refractivity contribution in [2.75, 3.05) is 12.9 Å². The third kappa shape index (κ3) is 3.67. The molecular formula is C19H21N3O3S. The van der Waals surface area contributed by atoms with Crippen molar-refractivity contribution in [3.63, 3.8) is 0 Å². The second-order valence-corrected chi connectivity index (χ2v) is 6.53. The number of fused-ring (bicyclic) bond motifs is 1. The van der Waals surface area contributed by atoms with E-state index in [2.05, 4.69) is 9.97 Å². The lowest BCUT2D eigenvalue weighted by Gasteiger charge is -2.11. The fourth-order valence-electron chi connectivity index (χ4n) is 2.91. The highest BCUT2D eigenvalue weighted by Gasteiger charge is 2.16. The highest BCUT2D eigenvalue weighted by molar-refractivity contribution is 7.98. The van der Waals surface area contributed by atoms with Gasteiger partial charge < -0.3 is 9.72 Å². The number of aromatic amines is 1. The fourth-order valence-corrected chi connectivity index (χ4v) is 3.49. The molecular weight excluding hydrogens is 350 g/mol. The number of benzene rings is 1. The Morgan fingerprint density at radius 1 is 1.31 bits per heavy atom. The normalized spacial score (nSPS) is 11.0. The first-order valence-electron chi connectivity index (χ1n) is 8.52. The van der Waals surface area contributed by atoms with E-state index in [0.29, 0.717) is 35.8 Å². The van der Waals surface area contributed by atoms with Crippen molar-refractivity contribution in [3.8, 4) is 11.1 Å². The van der Waals surface area contributed by atoms with Crippen LogP contribution in [0.25, 0.3) is 22.2 Å². The monoisotopic (exact) mass is 371 g/mol. The molecule has 3 rings (SSSR count). The summed E-state index contributed by atoms with van der Waals surface area (Å²) in [5.41, 5.74) is 2.29. The van der Waals surface area contributed by atoms with Crippen LogP contribution in [-0.4, -0.2) is 33.4 Å². The fraction of sp³-hybridized carbons (Fsp3) is 0.316. The Morgan fingerprint density at radius 3 is 2.77 bits per heavy atom. The Bertz CT molecular complexity index is 963. The molecule has 0 spiro atoms. The van der Waals surface area contributed by atoms with Crippen molar-refractivity contribution in [1.82, 2.24) is 14.5 Å². The first-order valence-corrected chi connectivity index (χ1v) is 9.75. The number of nitrogens with zero attached hydrogens (tertiary/aromatic N) is 2. The summed E-state index contributed by atoms with van der Waals surface area (Å²) in [6.45, 7) is 2.57. The Kier molecular flexibility index (Phi) is 5.78. The molecule has 7 heteroatoms. The van der Waals surface area contributed by atoms with Crippen LogP contribution in [0.2, 0.25) is 0 Å². The summed E-state index contributed by atoms with van der Waals surface area (Å²) in [4.78, 5) is 32.4. The van der Waals surface area contributed by atoms with Gasteiger partial charge in [-0.1, -0.05) is 42.1 Å². The van der Waals surface area contributed by atoms with Crippen LogP contribution in [0.1, 0.15) is 19.8 Å². The topological polar surface area (TPSA) is 77.0 Å². The number of hydrogen-bond acceptors (Lipinski definition) is 5. The van der Waals surface area contributed by atoms with Gasteiger partial charge in [-0.25, -0.2) is 4.98 Å². The first-order chi connectivity index (χ1) is 12.7. The molecule has 0 aliphatic rings. The number of hydrogen-bond donors (Lipinski definition) is 1. The predicted octanol–water partition coefficient (Wildman–Crippen LogP) is 3.46. The van der Waals surface area contributed by atoms with Gasteiger partial charge in [0.1, 0.15) is 5.65 Å². The predicted molar refractivity (Wildman–Crippen MR) is 103 cm³/mol. The minimum atomic E-state index is -0.244. The number of rotatable bonds is 7. The van der Waals surface area contributed by atoms with Gasteiger partial charge in [0.2, 0.25) is 0 Å². The number of carbonyl (C=O) groups is 1. The van der Waals surface area contributed by atoms with E-state index in [9.17, 15) is 9.59 Å². The molecule has 6 nitrogen and oxygen atoms in total. The molecule has 2 aromatic heterocycles. The summed E-state index contributed by atoms with van der Waals surface area (Å²) < 4.78 is 6.59. The lowest BCUT2D eigenvalue weighted by molar-refractivity contribution is -0.143. The highest BCUT2D eigenvalue weighted by atomic mass is 32.2. The molecule has 0 bridgehead atoms. The lowest BCUT2D eigenvalue weighted by atomic mass is 10.1. The number of ether oxygens (including phenoxy) is 1. The van der Waals surface area contributed by atoms with E-state index in [-0.39, 0.29) is 17.9 Å². The summed E-state index contributed by atoms with van der Waals surface area (Å²) in [5.74, 6) is -0.244. The van der Waals surface area contributed by atoms with Crippen LogP contribution in [-0.2, 0) is 16.1 Å². The molecule has 0 saturated heterocycles. The molecule has 0 fully saturated rings. The summed E-state index contributed by atoms with van der Waals surface area (Å²) >= 11 is 1.41. The minimum absolute atomic E-state index is 0.0942. The molecule has 1 aromatic carbocycles. The van der Waals surface area contributed by atoms with Crippen molar-refractivity contribution >= 4 is 28.8 Å². The molecule has 136 valence electrons. The van der Waals surface area contributed by atoms with Crippen molar-refractivity contribution in [1.29, 1.82) is 0 Å². The van der Waals surface area contributed by atoms with Crippen molar-refractivity contribution in [3.05, 3.63) is 46.9 Å². The van der Waals surface area contributed by atoms with Crippen molar-refractivity contribution in [2.24, 2.45) is 0 Å². The zero-order chi connectivity index (χ0) is 18.5. The number of H-pyrrole nitrogens is 1. The molecule has 3 aromatic rings. The number of nitrogens with one attached hydrogen (secondary N) is 1. The Morgan fingerprint density at radius 2 is 2.08 bits per heavy atom. The van der Waals surface area contributed by atoms with E-state index in [1.165, 1.54) is 11.8 Å². The van der Waals surface area contributed by atoms with Crippen LogP contribution < -0.4 is 5.56 Å². The third-order valence-corrected chi connectivity index (χ3v) is 4.77. The number of esters is 1. The van der Waals surface area contributed by atoms with Crippen molar-refractivity contribution < 1.29 is 9.53 Å². The van der Waals surface area contributed by atoms with E-state index >= 15 is 0 Å². The highest BCUT2D eigenvalue weighted by Crippen LogP contribution is 2.26. The van der Waals surface area contributed by atoms with Gasteiger partial charge in [0, 0.05) is 24.7 Å². The largest absolute Gasteiger partial charge is 0.466 e. The van der Waals surface area contributed by atoms with Gasteiger partial charge in [0.25, 0.3) is 5.56 Å². The van der Waals surface area contributed by atoms with E-state index in [4.69, 9.17) is 4.74 Å². The maximum Gasteiger partial charge on any atom is 0.305 e. The van der Waals surface area contributed by atoms with Crippen molar-refractivity contribution in [2.45, 2.75) is 31.5 Å². The Balaban J connectivity index is 1.98. The zero-order valence-corrected chi connectivity index (χ0v) is 15.6. The summed E-state index contributed by atoms with van der Waals surface area (Å²) in [6.07, 6.45) is 4.52. The molecule has 0 amide bonds. The quantitative estimate of drug-likeness (QED) is 0.391. The summed E-state index contributed by atoms with van der Waals surface area (Å²) in [7, 11) is 0. The summed E-state index contributed by atoms with van der Waals surface area (Å²) in [5, 5.41) is 1.21. The van der Waals surface area contributed by atoms with E-state index in [1.54, 1.807) is 11.5 Å². The second-order valence-electron chi connectivity index (χ2n) is 5.76. The Labute approximate surface area is 155 Å². The van der Waals surface area contributed by atoms with Gasteiger partial charge in [-0.15, -0.1) is 0 Å². The number of carbonyl (C=O) groups excluding carboxylic acids is 1. The van der Waals surface area contributed by atoms with Gasteiger partial charge in [-0.3, -0.25) is 14.2 Å². The first kappa shape index (κ1) is 18.3. The lowest BCUT2D eigenvalue weighted by Crippen LogP contribution is -2.24. The van der Waals surface area contributed by atoms with Gasteiger partial charge >= 0.3 is 5.97 Å². The third-order valence-electron chi connectivity index (χ3n) is 4.09. The van der Waals surface area contributed by atoms with E-state index < -0.39 is 0 Å². The number of thioether (sulfide) groups is 1. The average Bonchev–Trinajstić information content (AvgIpc) is 3.08. The van der Waals surface area contributed by atoms with Gasteiger partial charge in [-0.05, 0) is 25.2 Å². The van der Waals surface area contributed by atoms with Gasteiger partial charge in [-0.2, -0.15) is 0 Å². The molecule has 26 heavy (non-hydrogen) atoms. The molecule has 1 N–H and O–H groups in total. The van der Waals surface area contributed by atoms with Crippen LogP contribution in [0.3, 0.4) is 0 Å². The molecule has 0 atom stereocenters. The van der Waals surface area contributed by atoms with Crippen LogP contribution in [0.15, 0.2) is 46.5 Å². The van der Waals surface area contributed by atoms with Gasteiger partial charge in [0.05, 0.1) is 12.0 Å². The maximum absolute atomic E-state index is 13.1.